The van der Waals surface area contributed by atoms with Crippen LogP contribution < -0.4 is 20.7 Å². The molecule has 0 aliphatic heterocycles. The van der Waals surface area contributed by atoms with Gasteiger partial charge in [-0.25, -0.2) is 0 Å². The molecule has 6 nitrogen and oxygen atoms in total. The van der Waals surface area contributed by atoms with Crippen LogP contribution in [0.25, 0.3) is 0 Å². The second-order valence-electron chi connectivity index (χ2n) is 8.29. The van der Waals surface area contributed by atoms with Gasteiger partial charge in [0.25, 0.3) is 5.91 Å². The van der Waals surface area contributed by atoms with E-state index in [0.29, 0.717) is 17.5 Å². The van der Waals surface area contributed by atoms with Gasteiger partial charge in [0.15, 0.2) is 0 Å². The van der Waals surface area contributed by atoms with Crippen LogP contribution in [0, 0.1) is 12.8 Å². The Bertz CT molecular complexity index is 918. The minimum atomic E-state index is -0.0602. The van der Waals surface area contributed by atoms with Crippen LogP contribution in [0.2, 0.25) is 0 Å². The average Bonchev–Trinajstić information content (AvgIpc) is 3.66. The van der Waals surface area contributed by atoms with Gasteiger partial charge in [-0.15, -0.1) is 0 Å². The monoisotopic (exact) mass is 407 g/mol. The summed E-state index contributed by atoms with van der Waals surface area (Å²) in [5, 5.41) is 9.37. The average molecular weight is 408 g/mol. The summed E-state index contributed by atoms with van der Waals surface area (Å²) in [6.45, 7) is 2.13. The third kappa shape index (κ3) is 5.12. The number of carbonyl (C=O) groups excluding carboxylic acids is 2. The highest BCUT2D eigenvalue weighted by Crippen LogP contribution is 2.41. The highest BCUT2D eigenvalue weighted by atomic mass is 16.5. The molecule has 2 aromatic rings. The predicted octanol–water partition coefficient (Wildman–Crippen LogP) is 3.58. The molecule has 158 valence electrons. The first-order valence-corrected chi connectivity index (χ1v) is 10.6. The Morgan fingerprint density at radius 2 is 1.80 bits per heavy atom. The summed E-state index contributed by atoms with van der Waals surface area (Å²) >= 11 is 0. The van der Waals surface area contributed by atoms with Gasteiger partial charge in [0.05, 0.1) is 19.7 Å². The molecule has 0 saturated heterocycles. The van der Waals surface area contributed by atoms with E-state index < -0.39 is 0 Å². The number of amides is 2. The van der Waals surface area contributed by atoms with Crippen molar-refractivity contribution >= 4 is 17.5 Å². The maximum atomic E-state index is 12.7. The molecular weight excluding hydrogens is 378 g/mol. The third-order valence-electron chi connectivity index (χ3n) is 5.74. The lowest BCUT2D eigenvalue weighted by Gasteiger charge is -2.20. The Morgan fingerprint density at radius 1 is 1.07 bits per heavy atom. The molecule has 0 bridgehead atoms. The number of methoxy groups -OCH3 is 1. The first kappa shape index (κ1) is 20.3. The van der Waals surface area contributed by atoms with Gasteiger partial charge in [0, 0.05) is 17.3 Å². The van der Waals surface area contributed by atoms with Gasteiger partial charge in [-0.1, -0.05) is 18.2 Å². The topological polar surface area (TPSA) is 79.5 Å². The molecule has 1 atom stereocenters. The van der Waals surface area contributed by atoms with Crippen molar-refractivity contribution in [3.63, 3.8) is 0 Å². The molecule has 0 aromatic heterocycles. The molecule has 4 rings (SSSR count). The summed E-state index contributed by atoms with van der Waals surface area (Å²) in [6.07, 6.45) is 4.36. The second-order valence-corrected chi connectivity index (χ2v) is 8.29. The van der Waals surface area contributed by atoms with Crippen LogP contribution in [0.4, 0.5) is 5.69 Å². The Kier molecular flexibility index (Phi) is 5.93. The number of benzene rings is 2. The molecule has 6 heteroatoms. The lowest BCUT2D eigenvalue weighted by molar-refractivity contribution is -0.120. The molecule has 2 saturated carbocycles. The van der Waals surface area contributed by atoms with Crippen LogP contribution in [0.15, 0.2) is 42.5 Å². The number of aryl methyl sites for hydroxylation is 1. The van der Waals surface area contributed by atoms with Crippen molar-refractivity contribution in [1.82, 2.24) is 10.6 Å². The maximum Gasteiger partial charge on any atom is 0.251 e. The molecule has 2 amide bonds. The minimum Gasteiger partial charge on any atom is -0.497 e. The zero-order valence-electron chi connectivity index (χ0n) is 17.5. The molecular formula is C24H29N3O3. The Hall–Kier alpha value is -3.02. The summed E-state index contributed by atoms with van der Waals surface area (Å²) in [5.74, 6) is 1.18. The molecule has 1 unspecified atom stereocenters. The van der Waals surface area contributed by atoms with Crippen LogP contribution in [-0.4, -0.2) is 31.5 Å². The fraction of sp³-hybridized carbons (Fsp3) is 0.417. The molecule has 2 aliphatic rings. The molecule has 30 heavy (non-hydrogen) atoms. The van der Waals surface area contributed by atoms with Crippen molar-refractivity contribution in [3.05, 3.63) is 59.2 Å². The highest BCUT2D eigenvalue weighted by molar-refractivity contribution is 5.96. The molecule has 2 fully saturated rings. The first-order chi connectivity index (χ1) is 14.5. The summed E-state index contributed by atoms with van der Waals surface area (Å²) in [6, 6.07) is 13.8. The number of hydrogen-bond acceptors (Lipinski definition) is 4. The van der Waals surface area contributed by atoms with Gasteiger partial charge < -0.3 is 20.7 Å². The number of ether oxygens (including phenoxy) is 1. The van der Waals surface area contributed by atoms with E-state index in [1.807, 2.05) is 49.4 Å². The van der Waals surface area contributed by atoms with E-state index in [4.69, 9.17) is 4.74 Å². The second kappa shape index (κ2) is 8.78. The zero-order chi connectivity index (χ0) is 21.1. The Morgan fingerprint density at radius 3 is 2.43 bits per heavy atom. The van der Waals surface area contributed by atoms with Crippen molar-refractivity contribution in [2.24, 2.45) is 5.92 Å². The SMILES string of the molecule is COc1ccc(C(NC(=O)CNc2cc(C(=O)NC3CC3)ccc2C)C2CC2)cc1. The largest absolute Gasteiger partial charge is 0.497 e. The van der Waals surface area contributed by atoms with Crippen LogP contribution in [0.1, 0.15) is 53.2 Å². The molecule has 0 heterocycles. The molecule has 0 radical (unpaired) electrons. The fourth-order valence-corrected chi connectivity index (χ4v) is 3.56. The van der Waals surface area contributed by atoms with E-state index in [1.54, 1.807) is 7.11 Å². The van der Waals surface area contributed by atoms with Crippen molar-refractivity contribution in [3.8, 4) is 5.75 Å². The normalized spacial score (nSPS) is 16.5. The lowest BCUT2D eigenvalue weighted by atomic mass is 10.0. The minimum absolute atomic E-state index is 0.0157. The van der Waals surface area contributed by atoms with Gasteiger partial charge in [-0.05, 0) is 73.9 Å². The van der Waals surface area contributed by atoms with Crippen LogP contribution in [0.5, 0.6) is 5.75 Å². The van der Waals surface area contributed by atoms with Crippen LogP contribution >= 0.6 is 0 Å². The zero-order valence-corrected chi connectivity index (χ0v) is 17.5. The first-order valence-electron chi connectivity index (χ1n) is 10.6. The van der Waals surface area contributed by atoms with Crippen molar-refractivity contribution in [2.75, 3.05) is 19.0 Å². The number of anilines is 1. The van der Waals surface area contributed by atoms with Crippen LogP contribution in [0.3, 0.4) is 0 Å². The quantitative estimate of drug-likeness (QED) is 0.594. The lowest BCUT2D eigenvalue weighted by Crippen LogP contribution is -2.34. The van der Waals surface area contributed by atoms with E-state index in [1.165, 1.54) is 0 Å². The Balaban J connectivity index is 1.36. The van der Waals surface area contributed by atoms with Gasteiger partial charge in [0.1, 0.15) is 5.75 Å². The number of hydrogen-bond donors (Lipinski definition) is 3. The van der Waals surface area contributed by atoms with Gasteiger partial charge >= 0.3 is 0 Å². The fourth-order valence-electron chi connectivity index (χ4n) is 3.56. The number of carbonyl (C=O) groups is 2. The Labute approximate surface area is 177 Å². The van der Waals surface area contributed by atoms with E-state index in [9.17, 15) is 9.59 Å². The highest BCUT2D eigenvalue weighted by Gasteiger charge is 2.33. The summed E-state index contributed by atoms with van der Waals surface area (Å²) in [4.78, 5) is 25.0. The van der Waals surface area contributed by atoms with E-state index in [-0.39, 0.29) is 24.4 Å². The van der Waals surface area contributed by atoms with Gasteiger partial charge in [0.2, 0.25) is 5.91 Å². The predicted molar refractivity (Wildman–Crippen MR) is 117 cm³/mol. The standard InChI is InChI=1S/C24H29N3O3/c1-15-3-4-18(24(29)26-19-9-10-19)13-21(15)25-14-22(28)27-23(16-5-6-16)17-7-11-20(30-2)12-8-17/h3-4,7-8,11-13,16,19,23,25H,5-6,9-10,14H2,1-2H3,(H,26,29)(H,27,28). The summed E-state index contributed by atoms with van der Waals surface area (Å²) in [7, 11) is 1.65. The van der Waals surface area contributed by atoms with Crippen molar-refractivity contribution in [2.45, 2.75) is 44.7 Å². The maximum absolute atomic E-state index is 12.7. The summed E-state index contributed by atoms with van der Waals surface area (Å²) < 4.78 is 5.23. The van der Waals surface area contributed by atoms with E-state index in [0.717, 1.165) is 48.2 Å². The smallest absolute Gasteiger partial charge is 0.251 e. The molecule has 2 aromatic carbocycles. The van der Waals surface area contributed by atoms with Gasteiger partial charge in [-0.2, -0.15) is 0 Å². The van der Waals surface area contributed by atoms with Crippen molar-refractivity contribution in [1.29, 1.82) is 0 Å². The molecule has 3 N–H and O–H groups in total. The summed E-state index contributed by atoms with van der Waals surface area (Å²) in [5.41, 5.74) is 3.52. The third-order valence-corrected chi connectivity index (χ3v) is 5.74. The van der Waals surface area contributed by atoms with Crippen LogP contribution in [-0.2, 0) is 4.79 Å². The van der Waals surface area contributed by atoms with Gasteiger partial charge in [-0.3, -0.25) is 9.59 Å². The molecule has 2 aliphatic carbocycles. The molecule has 0 spiro atoms. The van der Waals surface area contributed by atoms with E-state index >= 15 is 0 Å². The van der Waals surface area contributed by atoms with E-state index in [2.05, 4.69) is 16.0 Å². The van der Waals surface area contributed by atoms with Crippen molar-refractivity contribution < 1.29 is 14.3 Å². The number of nitrogens with one attached hydrogen (secondary N) is 3. The number of rotatable bonds is 9.